The van der Waals surface area contributed by atoms with Gasteiger partial charge in [0.15, 0.2) is 0 Å². The van der Waals surface area contributed by atoms with Gasteiger partial charge >= 0.3 is 0 Å². The molecule has 0 saturated carbocycles. The van der Waals surface area contributed by atoms with Gasteiger partial charge in [-0.25, -0.2) is 4.39 Å². The summed E-state index contributed by atoms with van der Waals surface area (Å²) in [6.45, 7) is 2.76. The minimum absolute atomic E-state index is 0.111. The number of rotatable bonds is 7. The highest BCUT2D eigenvalue weighted by Gasteiger charge is 2.28. The van der Waals surface area contributed by atoms with E-state index < -0.39 is 0 Å². The molecule has 0 aromatic heterocycles. The third-order valence-corrected chi connectivity index (χ3v) is 7.39. The van der Waals surface area contributed by atoms with Crippen LogP contribution in [-0.2, 0) is 12.8 Å². The summed E-state index contributed by atoms with van der Waals surface area (Å²) in [5, 5.41) is 9.99. The monoisotopic (exact) mass is 460 g/mol. The molecule has 178 valence electrons. The van der Waals surface area contributed by atoms with E-state index in [9.17, 15) is 9.50 Å². The van der Waals surface area contributed by atoms with Crippen LogP contribution in [0.4, 0.5) is 10.1 Å². The zero-order valence-corrected chi connectivity index (χ0v) is 19.8. The summed E-state index contributed by atoms with van der Waals surface area (Å²) in [5.41, 5.74) is 4.64. The Morgan fingerprint density at radius 1 is 1.00 bits per heavy atom. The molecule has 5 heteroatoms. The first-order valence-electron chi connectivity index (χ1n) is 12.3. The number of fused-ring (bicyclic) bond motifs is 1. The van der Waals surface area contributed by atoms with Gasteiger partial charge in [-0.2, -0.15) is 0 Å². The van der Waals surface area contributed by atoms with Gasteiger partial charge in [-0.1, -0.05) is 18.2 Å². The van der Waals surface area contributed by atoms with Crippen LogP contribution in [-0.4, -0.2) is 42.8 Å². The van der Waals surface area contributed by atoms with Crippen molar-refractivity contribution in [3.8, 4) is 11.5 Å². The first-order chi connectivity index (χ1) is 16.6. The van der Waals surface area contributed by atoms with Crippen molar-refractivity contribution in [2.75, 3.05) is 31.6 Å². The number of ether oxygens (including phenoxy) is 1. The van der Waals surface area contributed by atoms with Crippen LogP contribution in [0.3, 0.4) is 0 Å². The topological polar surface area (TPSA) is 35.9 Å². The molecule has 2 atom stereocenters. The van der Waals surface area contributed by atoms with Crippen LogP contribution in [0.1, 0.15) is 42.0 Å². The number of likely N-dealkylation sites (tertiary alicyclic amines) is 1. The minimum Gasteiger partial charge on any atom is -0.508 e. The van der Waals surface area contributed by atoms with Crippen LogP contribution in [0.5, 0.6) is 11.5 Å². The van der Waals surface area contributed by atoms with Crippen molar-refractivity contribution in [2.24, 2.45) is 0 Å². The van der Waals surface area contributed by atoms with E-state index in [-0.39, 0.29) is 11.9 Å². The summed E-state index contributed by atoms with van der Waals surface area (Å²) in [5.74, 6) is 0.990. The molecule has 0 amide bonds. The summed E-state index contributed by atoms with van der Waals surface area (Å²) in [6, 6.07) is 21.6. The van der Waals surface area contributed by atoms with Crippen LogP contribution in [0.25, 0.3) is 0 Å². The highest BCUT2D eigenvalue weighted by atomic mass is 19.1. The lowest BCUT2D eigenvalue weighted by Crippen LogP contribution is -2.36. The molecule has 0 bridgehead atoms. The Labute approximate surface area is 201 Å². The lowest BCUT2D eigenvalue weighted by molar-refractivity contribution is 0.233. The molecule has 1 saturated heterocycles. The number of benzene rings is 3. The molecule has 2 aliphatic heterocycles. The van der Waals surface area contributed by atoms with Gasteiger partial charge in [-0.15, -0.1) is 0 Å². The zero-order valence-electron chi connectivity index (χ0n) is 19.8. The third-order valence-electron chi connectivity index (χ3n) is 7.39. The van der Waals surface area contributed by atoms with Crippen molar-refractivity contribution in [1.29, 1.82) is 0 Å². The Bertz CT molecular complexity index is 1100. The van der Waals surface area contributed by atoms with Crippen LogP contribution in [0, 0.1) is 5.82 Å². The molecule has 0 radical (unpaired) electrons. The van der Waals surface area contributed by atoms with Crippen molar-refractivity contribution in [2.45, 2.75) is 44.2 Å². The van der Waals surface area contributed by atoms with E-state index >= 15 is 0 Å². The quantitative estimate of drug-likeness (QED) is 0.488. The molecule has 4 nitrogen and oxygen atoms in total. The van der Waals surface area contributed by atoms with Gasteiger partial charge in [0.25, 0.3) is 0 Å². The minimum atomic E-state index is -0.224. The lowest BCUT2D eigenvalue weighted by atomic mass is 9.88. The van der Waals surface area contributed by atoms with E-state index in [0.29, 0.717) is 11.8 Å². The van der Waals surface area contributed by atoms with E-state index in [0.717, 1.165) is 43.9 Å². The second-order valence-corrected chi connectivity index (χ2v) is 9.58. The summed E-state index contributed by atoms with van der Waals surface area (Å²) in [4.78, 5) is 4.78. The second-order valence-electron chi connectivity index (χ2n) is 9.58. The highest BCUT2D eigenvalue weighted by molar-refractivity contribution is 5.53. The van der Waals surface area contributed by atoms with E-state index in [2.05, 4.69) is 41.1 Å². The second kappa shape index (κ2) is 10.1. The smallest absolute Gasteiger partial charge is 0.123 e. The summed E-state index contributed by atoms with van der Waals surface area (Å²) < 4.78 is 19.6. The molecule has 34 heavy (non-hydrogen) atoms. The molecule has 2 aliphatic rings. The zero-order chi connectivity index (χ0) is 23.5. The van der Waals surface area contributed by atoms with Gasteiger partial charge in [0, 0.05) is 18.3 Å². The summed E-state index contributed by atoms with van der Waals surface area (Å²) in [7, 11) is 2.20. The predicted molar refractivity (Wildman–Crippen MR) is 134 cm³/mol. The fourth-order valence-electron chi connectivity index (χ4n) is 5.46. The van der Waals surface area contributed by atoms with Crippen LogP contribution < -0.4 is 9.64 Å². The van der Waals surface area contributed by atoms with Crippen LogP contribution in [0.15, 0.2) is 66.7 Å². The van der Waals surface area contributed by atoms with Crippen molar-refractivity contribution in [3.63, 3.8) is 0 Å². The number of anilines is 1. The molecule has 5 rings (SSSR count). The lowest BCUT2D eigenvalue weighted by Gasteiger charge is -2.39. The molecule has 0 spiro atoms. The molecule has 1 fully saturated rings. The normalized spacial score (nSPS) is 20.4. The Morgan fingerprint density at radius 2 is 1.79 bits per heavy atom. The Kier molecular flexibility index (Phi) is 6.73. The van der Waals surface area contributed by atoms with Crippen molar-refractivity contribution >= 4 is 5.69 Å². The van der Waals surface area contributed by atoms with Crippen LogP contribution in [0.2, 0.25) is 0 Å². The molecule has 3 aromatic rings. The number of hydrogen-bond acceptors (Lipinski definition) is 4. The molecule has 0 aliphatic carbocycles. The van der Waals surface area contributed by atoms with Crippen molar-refractivity contribution < 1.29 is 14.2 Å². The first-order valence-corrected chi connectivity index (χ1v) is 12.3. The molecule has 1 N–H and O–H groups in total. The Balaban J connectivity index is 1.30. The molecule has 2 heterocycles. The summed E-state index contributed by atoms with van der Waals surface area (Å²) >= 11 is 0. The number of hydrogen-bond donors (Lipinski definition) is 1. The van der Waals surface area contributed by atoms with Crippen molar-refractivity contribution in [1.82, 2.24) is 4.90 Å². The molecular weight excluding hydrogens is 427 g/mol. The largest absolute Gasteiger partial charge is 0.508 e. The highest BCUT2D eigenvalue weighted by Crippen LogP contribution is 2.37. The molecule has 3 aromatic carbocycles. The van der Waals surface area contributed by atoms with Gasteiger partial charge in [0.1, 0.15) is 17.3 Å². The number of halogens is 1. The average Bonchev–Trinajstić information content (AvgIpc) is 3.25. The number of phenols is 1. The van der Waals surface area contributed by atoms with Crippen LogP contribution >= 0.6 is 0 Å². The first kappa shape index (κ1) is 22.7. The SMILES string of the molecule is CN1CCCC1CCOc1ccc(CC2c3ccc(O)cc3CCN2c2ccc(F)cc2)cc1. The number of nitrogens with zero attached hydrogens (tertiary/aromatic N) is 2. The van der Waals surface area contributed by atoms with Gasteiger partial charge in [-0.3, -0.25) is 0 Å². The summed E-state index contributed by atoms with van der Waals surface area (Å²) in [6.07, 6.45) is 5.29. The fourth-order valence-corrected chi connectivity index (χ4v) is 5.46. The van der Waals surface area contributed by atoms with Gasteiger partial charge < -0.3 is 19.6 Å². The van der Waals surface area contributed by atoms with Gasteiger partial charge in [-0.05, 0) is 111 Å². The third kappa shape index (κ3) is 5.05. The van der Waals surface area contributed by atoms with E-state index in [4.69, 9.17) is 4.74 Å². The maximum absolute atomic E-state index is 13.6. The van der Waals surface area contributed by atoms with E-state index in [1.165, 1.54) is 48.2 Å². The standard InChI is InChI=1S/C29H33FN2O2/c1-31-16-2-3-24(31)15-18-34-27-11-4-21(5-12-27)19-29-28-13-10-26(33)20-22(28)14-17-32(29)25-8-6-23(30)7-9-25/h4-13,20,24,29,33H,2-3,14-19H2,1H3. The van der Waals surface area contributed by atoms with Gasteiger partial charge in [0.05, 0.1) is 12.6 Å². The van der Waals surface area contributed by atoms with Crippen molar-refractivity contribution in [3.05, 3.63) is 89.2 Å². The van der Waals surface area contributed by atoms with E-state index in [1.807, 2.05) is 24.3 Å². The predicted octanol–water partition coefficient (Wildman–Crippen LogP) is 5.74. The Hall–Kier alpha value is -3.05. The van der Waals surface area contributed by atoms with E-state index in [1.54, 1.807) is 6.07 Å². The Morgan fingerprint density at radius 3 is 2.53 bits per heavy atom. The fraction of sp³-hybridized carbons (Fsp3) is 0.379. The average molecular weight is 461 g/mol. The molecular formula is C29H33FN2O2. The van der Waals surface area contributed by atoms with Gasteiger partial charge in [0.2, 0.25) is 0 Å². The number of aromatic hydroxyl groups is 1. The maximum Gasteiger partial charge on any atom is 0.123 e. The maximum atomic E-state index is 13.6. The molecule has 2 unspecified atom stereocenters. The number of phenolic OH excluding ortho intramolecular Hbond substituents is 1.